The lowest BCUT2D eigenvalue weighted by Gasteiger charge is -1.95. The van der Waals surface area contributed by atoms with E-state index >= 15 is 0 Å². The van der Waals surface area contributed by atoms with Gasteiger partial charge in [-0.15, -0.1) is 0 Å². The molecule has 0 N–H and O–H groups in total. The molecule has 0 aromatic heterocycles. The first-order valence-corrected chi connectivity index (χ1v) is 3.48. The molecule has 0 heterocycles. The number of hydrogen-bond acceptors (Lipinski definition) is 0. The van der Waals surface area contributed by atoms with Crippen LogP contribution in [0.15, 0.2) is 18.2 Å². The summed E-state index contributed by atoms with van der Waals surface area (Å²) in [5.41, 5.74) is 1.03. The summed E-state index contributed by atoms with van der Waals surface area (Å²) >= 11 is 0. The largest absolute Gasteiger partial charge is 0.207 e. The van der Waals surface area contributed by atoms with Crippen molar-refractivity contribution in [2.24, 2.45) is 0 Å². The minimum Gasteiger partial charge on any atom is -0.207 e. The first-order chi connectivity index (χ1) is 4.83. The lowest BCUT2D eigenvalue weighted by molar-refractivity contribution is 0.624. The van der Waals surface area contributed by atoms with Gasteiger partial charge in [0, 0.05) is 0 Å². The standard InChI is InChI=1S/C9H10F/c1-2-4-8-5-3-6-9(10)7-8/h5-7H,2,4H2,1H3. The van der Waals surface area contributed by atoms with E-state index in [1.807, 2.05) is 6.07 Å². The van der Waals surface area contributed by atoms with Crippen molar-refractivity contribution in [3.8, 4) is 0 Å². The van der Waals surface area contributed by atoms with Crippen molar-refractivity contribution in [2.75, 3.05) is 0 Å². The zero-order chi connectivity index (χ0) is 7.40. The van der Waals surface area contributed by atoms with Crippen LogP contribution >= 0.6 is 0 Å². The molecule has 1 heteroatoms. The summed E-state index contributed by atoms with van der Waals surface area (Å²) in [7, 11) is 0. The summed E-state index contributed by atoms with van der Waals surface area (Å²) < 4.78 is 12.5. The number of benzene rings is 1. The first kappa shape index (κ1) is 7.26. The topological polar surface area (TPSA) is 0 Å². The van der Waals surface area contributed by atoms with E-state index in [1.165, 1.54) is 6.07 Å². The Morgan fingerprint density at radius 1 is 1.50 bits per heavy atom. The van der Waals surface area contributed by atoms with Crippen LogP contribution in [0.25, 0.3) is 0 Å². The second kappa shape index (κ2) is 3.35. The maximum Gasteiger partial charge on any atom is 0.124 e. The van der Waals surface area contributed by atoms with E-state index in [1.54, 1.807) is 6.07 Å². The van der Waals surface area contributed by atoms with Crippen LogP contribution in [0.5, 0.6) is 0 Å². The van der Waals surface area contributed by atoms with Gasteiger partial charge in [-0.1, -0.05) is 19.4 Å². The van der Waals surface area contributed by atoms with Crippen molar-refractivity contribution in [2.45, 2.75) is 19.8 Å². The maximum absolute atomic E-state index is 12.5. The monoisotopic (exact) mass is 137 g/mol. The van der Waals surface area contributed by atoms with E-state index in [-0.39, 0.29) is 5.82 Å². The van der Waals surface area contributed by atoms with Gasteiger partial charge in [-0.3, -0.25) is 0 Å². The zero-order valence-electron chi connectivity index (χ0n) is 6.02. The Morgan fingerprint density at radius 3 is 2.90 bits per heavy atom. The van der Waals surface area contributed by atoms with Gasteiger partial charge in [0.15, 0.2) is 0 Å². The molecule has 1 aromatic carbocycles. The number of hydrogen-bond donors (Lipinski definition) is 0. The van der Waals surface area contributed by atoms with Gasteiger partial charge in [0.1, 0.15) is 5.82 Å². The maximum atomic E-state index is 12.5. The second-order valence-electron chi connectivity index (χ2n) is 2.31. The smallest absolute Gasteiger partial charge is 0.124 e. The molecular weight excluding hydrogens is 127 g/mol. The van der Waals surface area contributed by atoms with E-state index < -0.39 is 0 Å². The zero-order valence-corrected chi connectivity index (χ0v) is 6.02. The Morgan fingerprint density at radius 2 is 2.30 bits per heavy atom. The number of rotatable bonds is 2. The molecule has 0 aliphatic carbocycles. The SMILES string of the molecule is CCCc1c[c]cc(F)c1. The molecule has 0 aliphatic heterocycles. The van der Waals surface area contributed by atoms with Gasteiger partial charge in [0.25, 0.3) is 0 Å². The van der Waals surface area contributed by atoms with Crippen LogP contribution in [-0.4, -0.2) is 0 Å². The van der Waals surface area contributed by atoms with E-state index in [0.29, 0.717) is 0 Å². The summed E-state index contributed by atoms with van der Waals surface area (Å²) in [5.74, 6) is -0.189. The van der Waals surface area contributed by atoms with Gasteiger partial charge < -0.3 is 0 Å². The van der Waals surface area contributed by atoms with Gasteiger partial charge in [0.05, 0.1) is 0 Å². The quantitative estimate of drug-likeness (QED) is 0.587. The normalized spacial score (nSPS) is 9.80. The van der Waals surface area contributed by atoms with Crippen LogP contribution in [0.4, 0.5) is 4.39 Å². The highest BCUT2D eigenvalue weighted by molar-refractivity contribution is 5.15. The summed E-state index contributed by atoms with van der Waals surface area (Å²) in [6, 6.07) is 7.47. The number of halogens is 1. The molecule has 0 spiro atoms. The molecule has 0 nitrogen and oxygen atoms in total. The molecule has 0 amide bonds. The van der Waals surface area contributed by atoms with Crippen LogP contribution in [0.3, 0.4) is 0 Å². The van der Waals surface area contributed by atoms with Crippen LogP contribution in [-0.2, 0) is 6.42 Å². The van der Waals surface area contributed by atoms with Crippen LogP contribution in [0, 0.1) is 11.9 Å². The van der Waals surface area contributed by atoms with Crippen LogP contribution in [0.2, 0.25) is 0 Å². The van der Waals surface area contributed by atoms with Crippen molar-refractivity contribution < 1.29 is 4.39 Å². The highest BCUT2D eigenvalue weighted by atomic mass is 19.1. The fourth-order valence-corrected chi connectivity index (χ4v) is 0.922. The lowest BCUT2D eigenvalue weighted by Crippen LogP contribution is -1.83. The molecular formula is C9H10F. The number of aryl methyl sites for hydroxylation is 1. The molecule has 0 aliphatic rings. The third-order valence-electron chi connectivity index (χ3n) is 1.35. The van der Waals surface area contributed by atoms with Crippen molar-refractivity contribution in [1.82, 2.24) is 0 Å². The predicted octanol–water partition coefficient (Wildman–Crippen LogP) is 2.58. The molecule has 0 atom stereocenters. The summed E-state index contributed by atoms with van der Waals surface area (Å²) in [4.78, 5) is 0. The Hall–Kier alpha value is -0.850. The molecule has 0 saturated carbocycles. The molecule has 0 fully saturated rings. The molecule has 10 heavy (non-hydrogen) atoms. The predicted molar refractivity (Wildman–Crippen MR) is 39.2 cm³/mol. The van der Waals surface area contributed by atoms with Crippen molar-refractivity contribution in [3.63, 3.8) is 0 Å². The van der Waals surface area contributed by atoms with Gasteiger partial charge >= 0.3 is 0 Å². The molecule has 1 rings (SSSR count). The van der Waals surface area contributed by atoms with Crippen molar-refractivity contribution in [1.29, 1.82) is 0 Å². The molecule has 0 unspecified atom stereocenters. The highest BCUT2D eigenvalue weighted by Crippen LogP contribution is 2.04. The molecule has 1 aromatic rings. The van der Waals surface area contributed by atoms with E-state index in [2.05, 4.69) is 13.0 Å². The third-order valence-corrected chi connectivity index (χ3v) is 1.35. The van der Waals surface area contributed by atoms with Crippen molar-refractivity contribution in [3.05, 3.63) is 35.6 Å². The average molecular weight is 137 g/mol. The Bertz CT molecular complexity index is 206. The molecule has 1 radical (unpaired) electrons. The Kier molecular flexibility index (Phi) is 2.43. The van der Waals surface area contributed by atoms with Crippen molar-refractivity contribution >= 4 is 0 Å². The summed E-state index contributed by atoms with van der Waals surface area (Å²) in [6.45, 7) is 2.07. The molecule has 0 saturated heterocycles. The van der Waals surface area contributed by atoms with Gasteiger partial charge in [-0.05, 0) is 30.2 Å². The highest BCUT2D eigenvalue weighted by Gasteiger charge is 1.91. The Labute approximate surface area is 60.7 Å². The molecule has 0 bridgehead atoms. The van der Waals surface area contributed by atoms with E-state index in [9.17, 15) is 4.39 Å². The van der Waals surface area contributed by atoms with Crippen LogP contribution < -0.4 is 0 Å². The lowest BCUT2D eigenvalue weighted by atomic mass is 10.1. The van der Waals surface area contributed by atoms with Crippen LogP contribution in [0.1, 0.15) is 18.9 Å². The van der Waals surface area contributed by atoms with Gasteiger partial charge in [-0.2, -0.15) is 0 Å². The minimum absolute atomic E-state index is 0.189. The average Bonchev–Trinajstić information content (AvgIpc) is 1.88. The fourth-order valence-electron chi connectivity index (χ4n) is 0.922. The summed E-state index contributed by atoms with van der Waals surface area (Å²) in [6.07, 6.45) is 1.99. The Balaban J connectivity index is 2.75. The fraction of sp³-hybridized carbons (Fsp3) is 0.333. The third kappa shape index (κ3) is 1.83. The van der Waals surface area contributed by atoms with Gasteiger partial charge in [0.2, 0.25) is 0 Å². The second-order valence-corrected chi connectivity index (χ2v) is 2.31. The minimum atomic E-state index is -0.189. The van der Waals surface area contributed by atoms with E-state index in [0.717, 1.165) is 18.4 Å². The summed E-state index contributed by atoms with van der Waals surface area (Å²) in [5, 5.41) is 0. The van der Waals surface area contributed by atoms with Gasteiger partial charge in [-0.25, -0.2) is 4.39 Å². The van der Waals surface area contributed by atoms with E-state index in [4.69, 9.17) is 0 Å². The molecule has 53 valence electrons. The first-order valence-electron chi connectivity index (χ1n) is 3.48.